The number of amides is 1. The minimum atomic E-state index is -3.66. The van der Waals surface area contributed by atoms with Gasteiger partial charge in [-0.3, -0.25) is 4.79 Å². The number of anilines is 1. The Bertz CT molecular complexity index is 1240. The van der Waals surface area contributed by atoms with Gasteiger partial charge in [-0.05, 0) is 18.4 Å². The predicted octanol–water partition coefficient (Wildman–Crippen LogP) is 1.19. The van der Waals surface area contributed by atoms with Gasteiger partial charge in [-0.1, -0.05) is 0 Å². The number of aryl methyl sites for hydroxylation is 1. The molecule has 2 saturated heterocycles. The summed E-state index contributed by atoms with van der Waals surface area (Å²) in [6, 6.07) is 3.52. The Morgan fingerprint density at radius 2 is 1.84 bits per heavy atom. The van der Waals surface area contributed by atoms with Crippen LogP contribution in [0.1, 0.15) is 15.4 Å². The molecule has 10 nitrogen and oxygen atoms in total. The van der Waals surface area contributed by atoms with Gasteiger partial charge in [-0.15, -0.1) is 11.3 Å². The van der Waals surface area contributed by atoms with Gasteiger partial charge in [0.1, 0.15) is 21.9 Å². The number of hydrogen-bond acceptors (Lipinski definition) is 9. The van der Waals surface area contributed by atoms with Crippen LogP contribution in [-0.2, 0) is 10.0 Å². The first-order valence-corrected chi connectivity index (χ1v) is 13.8. The first kappa shape index (κ1) is 21.6. The largest absolute Gasteiger partial charge is 0.353 e. The van der Waals surface area contributed by atoms with Gasteiger partial charge >= 0.3 is 0 Å². The third-order valence-corrected chi connectivity index (χ3v) is 9.58. The summed E-state index contributed by atoms with van der Waals surface area (Å²) in [5.74, 6) is 2.77. The molecule has 0 saturated carbocycles. The molecule has 1 amide bonds. The second-order valence-corrected chi connectivity index (χ2v) is 11.7. The SMILES string of the molecule is Cc1cc(N2CCN(C(=O)c3sccc3S(=O)(=O)N3CCSCC3)CC2)n2ncnc2n1. The van der Waals surface area contributed by atoms with Crippen molar-refractivity contribution in [1.29, 1.82) is 0 Å². The van der Waals surface area contributed by atoms with Crippen molar-refractivity contribution in [1.82, 2.24) is 28.8 Å². The summed E-state index contributed by atoms with van der Waals surface area (Å²) >= 11 is 2.95. The third kappa shape index (κ3) is 3.87. The standard InChI is InChI=1S/C19H23N7O3S3/c1-14-12-16(26-19(22-14)20-13-21-26)23-3-5-24(6-4-23)18(27)17-15(2-9-31-17)32(28,29)25-7-10-30-11-8-25/h2,9,12-13H,3-8,10-11H2,1H3. The second-order valence-electron chi connectivity index (χ2n) is 7.64. The Morgan fingerprint density at radius 1 is 1.09 bits per heavy atom. The number of hydrogen-bond donors (Lipinski definition) is 0. The Labute approximate surface area is 194 Å². The lowest BCUT2D eigenvalue weighted by Gasteiger charge is -2.36. The van der Waals surface area contributed by atoms with Crippen LogP contribution >= 0.6 is 23.1 Å². The van der Waals surface area contributed by atoms with Crippen molar-refractivity contribution in [3.05, 3.63) is 34.4 Å². The van der Waals surface area contributed by atoms with Gasteiger partial charge in [-0.25, -0.2) is 13.4 Å². The Hall–Kier alpha value is -2.22. The van der Waals surface area contributed by atoms with Crippen molar-refractivity contribution >= 4 is 50.6 Å². The quantitative estimate of drug-likeness (QED) is 0.534. The maximum absolute atomic E-state index is 13.3. The molecule has 32 heavy (non-hydrogen) atoms. The van der Waals surface area contributed by atoms with E-state index in [1.807, 2.05) is 13.0 Å². The lowest BCUT2D eigenvalue weighted by atomic mass is 10.2. The summed E-state index contributed by atoms with van der Waals surface area (Å²) < 4.78 is 29.5. The second kappa shape index (κ2) is 8.61. The van der Waals surface area contributed by atoms with Gasteiger partial charge in [0.25, 0.3) is 11.7 Å². The van der Waals surface area contributed by atoms with Crippen molar-refractivity contribution in [3.63, 3.8) is 0 Å². The molecule has 0 spiro atoms. The molecule has 13 heteroatoms. The van der Waals surface area contributed by atoms with Crippen LogP contribution in [-0.4, -0.2) is 93.9 Å². The fourth-order valence-electron chi connectivity index (χ4n) is 4.00. The average molecular weight is 494 g/mol. The highest BCUT2D eigenvalue weighted by Gasteiger charge is 2.33. The molecule has 0 N–H and O–H groups in total. The highest BCUT2D eigenvalue weighted by atomic mass is 32.2. The minimum Gasteiger partial charge on any atom is -0.353 e. The zero-order valence-electron chi connectivity index (χ0n) is 17.5. The molecule has 5 heterocycles. The van der Waals surface area contributed by atoms with Gasteiger partial charge in [0.15, 0.2) is 0 Å². The Balaban J connectivity index is 1.32. The van der Waals surface area contributed by atoms with Gasteiger partial charge in [0.05, 0.1) is 0 Å². The van der Waals surface area contributed by atoms with Crippen molar-refractivity contribution < 1.29 is 13.2 Å². The highest BCUT2D eigenvalue weighted by Crippen LogP contribution is 2.29. The first-order chi connectivity index (χ1) is 15.4. The molecule has 3 aromatic rings. The fourth-order valence-corrected chi connectivity index (χ4v) is 7.94. The van der Waals surface area contributed by atoms with Crippen LogP contribution in [0.2, 0.25) is 0 Å². The van der Waals surface area contributed by atoms with E-state index in [9.17, 15) is 13.2 Å². The zero-order valence-corrected chi connectivity index (χ0v) is 20.0. The van der Waals surface area contributed by atoms with E-state index in [-0.39, 0.29) is 10.8 Å². The van der Waals surface area contributed by atoms with E-state index in [4.69, 9.17) is 0 Å². The fraction of sp³-hybridized carbons (Fsp3) is 0.474. The molecule has 0 aliphatic carbocycles. The van der Waals surface area contributed by atoms with E-state index in [1.54, 1.807) is 32.6 Å². The molecule has 5 rings (SSSR count). The molecule has 0 atom stereocenters. The number of carbonyl (C=O) groups excluding carboxylic acids is 1. The van der Waals surface area contributed by atoms with E-state index in [1.165, 1.54) is 22.0 Å². The van der Waals surface area contributed by atoms with E-state index >= 15 is 0 Å². The third-order valence-electron chi connectivity index (χ3n) is 5.66. The molecular weight excluding hydrogens is 470 g/mol. The topological polar surface area (TPSA) is 104 Å². The van der Waals surface area contributed by atoms with Crippen LogP contribution in [0, 0.1) is 6.92 Å². The molecule has 0 bridgehead atoms. The van der Waals surface area contributed by atoms with Crippen molar-refractivity contribution in [2.75, 3.05) is 55.7 Å². The van der Waals surface area contributed by atoms with E-state index < -0.39 is 10.0 Å². The summed E-state index contributed by atoms with van der Waals surface area (Å²) in [4.78, 5) is 26.1. The molecule has 2 fully saturated rings. The van der Waals surface area contributed by atoms with Crippen LogP contribution in [0.4, 0.5) is 5.82 Å². The number of carbonyl (C=O) groups is 1. The molecule has 2 aliphatic rings. The van der Waals surface area contributed by atoms with Gasteiger partial charge in [-0.2, -0.15) is 30.7 Å². The van der Waals surface area contributed by atoms with Crippen molar-refractivity contribution in [3.8, 4) is 0 Å². The maximum Gasteiger partial charge on any atom is 0.265 e. The number of sulfonamides is 1. The van der Waals surface area contributed by atoms with Crippen molar-refractivity contribution in [2.45, 2.75) is 11.8 Å². The normalized spacial score (nSPS) is 18.4. The maximum atomic E-state index is 13.3. The lowest BCUT2D eigenvalue weighted by Crippen LogP contribution is -2.49. The van der Waals surface area contributed by atoms with Crippen LogP contribution in [0.15, 0.2) is 28.7 Å². The summed E-state index contributed by atoms with van der Waals surface area (Å²) in [6.07, 6.45) is 1.48. The highest BCUT2D eigenvalue weighted by molar-refractivity contribution is 7.99. The smallest absolute Gasteiger partial charge is 0.265 e. The average Bonchev–Trinajstić information content (AvgIpc) is 3.49. The molecule has 0 radical (unpaired) electrons. The molecule has 170 valence electrons. The van der Waals surface area contributed by atoms with Gasteiger partial charge in [0, 0.05) is 62.5 Å². The molecule has 3 aromatic heterocycles. The van der Waals surface area contributed by atoms with Crippen LogP contribution in [0.3, 0.4) is 0 Å². The number of aromatic nitrogens is 4. The number of piperazine rings is 1. The van der Waals surface area contributed by atoms with E-state index in [2.05, 4.69) is 20.0 Å². The number of fused-ring (bicyclic) bond motifs is 1. The van der Waals surface area contributed by atoms with Crippen molar-refractivity contribution in [2.24, 2.45) is 0 Å². The molecule has 2 aliphatic heterocycles. The van der Waals surface area contributed by atoms with E-state index in [0.717, 1.165) is 23.0 Å². The molecule has 0 unspecified atom stereocenters. The number of thiophene rings is 1. The lowest BCUT2D eigenvalue weighted by molar-refractivity contribution is 0.0747. The summed E-state index contributed by atoms with van der Waals surface area (Å²) in [5.41, 5.74) is 0.851. The summed E-state index contributed by atoms with van der Waals surface area (Å²) in [5, 5.41) is 5.95. The number of nitrogens with zero attached hydrogens (tertiary/aromatic N) is 7. The monoisotopic (exact) mass is 493 g/mol. The Kier molecular flexibility index (Phi) is 5.82. The molecular formula is C19H23N7O3S3. The van der Waals surface area contributed by atoms with Crippen LogP contribution in [0.25, 0.3) is 5.78 Å². The van der Waals surface area contributed by atoms with Gasteiger partial charge < -0.3 is 9.80 Å². The Morgan fingerprint density at radius 3 is 2.59 bits per heavy atom. The summed E-state index contributed by atoms with van der Waals surface area (Å²) in [6.45, 7) is 5.09. The first-order valence-electron chi connectivity index (χ1n) is 10.3. The predicted molar refractivity (Wildman–Crippen MR) is 124 cm³/mol. The molecule has 0 aromatic carbocycles. The van der Waals surface area contributed by atoms with Crippen LogP contribution < -0.4 is 4.90 Å². The minimum absolute atomic E-state index is 0.135. The summed E-state index contributed by atoms with van der Waals surface area (Å²) in [7, 11) is -3.66. The van der Waals surface area contributed by atoms with Gasteiger partial charge in [0.2, 0.25) is 10.0 Å². The van der Waals surface area contributed by atoms with E-state index in [0.29, 0.717) is 49.9 Å². The zero-order chi connectivity index (χ0) is 22.3. The number of rotatable bonds is 4. The number of thioether (sulfide) groups is 1. The van der Waals surface area contributed by atoms with Crippen LogP contribution in [0.5, 0.6) is 0 Å².